The molecule has 0 aliphatic heterocycles. The first-order valence-electron chi connectivity index (χ1n) is 8.16. The summed E-state index contributed by atoms with van der Waals surface area (Å²) in [6.45, 7) is 7.72. The third-order valence-electron chi connectivity index (χ3n) is 4.20. The molecule has 21 heavy (non-hydrogen) atoms. The van der Waals surface area contributed by atoms with Gasteiger partial charge in [0, 0.05) is 16.6 Å². The molecule has 0 atom stereocenters. The van der Waals surface area contributed by atoms with Crippen LogP contribution in [0.15, 0.2) is 34.3 Å². The first-order valence-corrected chi connectivity index (χ1v) is 8.95. The van der Waals surface area contributed by atoms with Gasteiger partial charge in [0.05, 0.1) is 0 Å². The Balaban J connectivity index is 2.20. The maximum Gasteiger partial charge on any atom is 0.0247 e. The average Bonchev–Trinajstić information content (AvgIpc) is 2.45. The second kappa shape index (κ2) is 7.60. The maximum atomic E-state index is 3.68. The quantitative estimate of drug-likeness (QED) is 0.723. The minimum atomic E-state index is 0.168. The highest BCUT2D eigenvalue weighted by molar-refractivity contribution is 9.10. The molecule has 1 saturated carbocycles. The molecular formula is C19H28BrN. The first kappa shape index (κ1) is 16.8. The molecule has 0 unspecified atom stereocenters. The lowest BCUT2D eigenvalue weighted by atomic mass is 9.82. The van der Waals surface area contributed by atoms with Crippen molar-refractivity contribution in [1.29, 1.82) is 0 Å². The van der Waals surface area contributed by atoms with Crippen LogP contribution in [0.4, 0.5) is 0 Å². The molecule has 1 N–H and O–H groups in total. The van der Waals surface area contributed by atoms with Gasteiger partial charge in [-0.2, -0.15) is 0 Å². The predicted octanol–water partition coefficient (Wildman–Crippen LogP) is 5.80. The van der Waals surface area contributed by atoms with E-state index >= 15 is 0 Å². The molecule has 116 valence electrons. The van der Waals surface area contributed by atoms with Gasteiger partial charge in [-0.15, -0.1) is 0 Å². The Kier molecular flexibility index (Phi) is 6.07. The molecule has 2 rings (SSSR count). The third-order valence-corrected chi connectivity index (χ3v) is 4.92. The van der Waals surface area contributed by atoms with E-state index in [1.54, 1.807) is 5.57 Å². The van der Waals surface area contributed by atoms with Crippen LogP contribution < -0.4 is 5.32 Å². The van der Waals surface area contributed by atoms with Gasteiger partial charge in [-0.1, -0.05) is 65.0 Å². The standard InChI is InChI=1S/C19H28BrN/c1-19(2,3)21-14-17(15-9-5-4-6-10-15)13-16-11-7-8-12-18(16)20/h7-8,11-13,15,21H,4-6,9-10,14H2,1-3H3/b17-13-. The van der Waals surface area contributed by atoms with E-state index in [4.69, 9.17) is 0 Å². The maximum absolute atomic E-state index is 3.68. The van der Waals surface area contributed by atoms with Crippen molar-refractivity contribution in [1.82, 2.24) is 5.32 Å². The van der Waals surface area contributed by atoms with E-state index in [0.717, 1.165) is 12.5 Å². The fourth-order valence-corrected chi connectivity index (χ4v) is 3.34. The van der Waals surface area contributed by atoms with Crippen molar-refractivity contribution in [2.75, 3.05) is 6.54 Å². The lowest BCUT2D eigenvalue weighted by molar-refractivity contribution is 0.378. The minimum Gasteiger partial charge on any atom is -0.308 e. The van der Waals surface area contributed by atoms with Crippen LogP contribution in [0, 0.1) is 5.92 Å². The van der Waals surface area contributed by atoms with Gasteiger partial charge in [-0.3, -0.25) is 0 Å². The topological polar surface area (TPSA) is 12.0 Å². The van der Waals surface area contributed by atoms with E-state index in [1.165, 1.54) is 42.1 Å². The Morgan fingerprint density at radius 1 is 1.19 bits per heavy atom. The summed E-state index contributed by atoms with van der Waals surface area (Å²) in [6, 6.07) is 8.52. The van der Waals surface area contributed by atoms with Crippen molar-refractivity contribution in [3.8, 4) is 0 Å². The molecule has 0 aromatic heterocycles. The molecule has 0 bridgehead atoms. The van der Waals surface area contributed by atoms with Crippen molar-refractivity contribution in [3.63, 3.8) is 0 Å². The summed E-state index contributed by atoms with van der Waals surface area (Å²) < 4.78 is 1.19. The molecule has 0 radical (unpaired) electrons. The van der Waals surface area contributed by atoms with Crippen molar-refractivity contribution < 1.29 is 0 Å². The molecule has 1 aliphatic carbocycles. The summed E-state index contributed by atoms with van der Waals surface area (Å²) in [6.07, 6.45) is 9.27. The molecule has 0 heterocycles. The highest BCUT2D eigenvalue weighted by Crippen LogP contribution is 2.32. The van der Waals surface area contributed by atoms with Gasteiger partial charge in [-0.25, -0.2) is 0 Å². The molecule has 1 aromatic rings. The number of rotatable bonds is 4. The van der Waals surface area contributed by atoms with Gasteiger partial charge >= 0.3 is 0 Å². The van der Waals surface area contributed by atoms with Gasteiger partial charge in [0.2, 0.25) is 0 Å². The van der Waals surface area contributed by atoms with Crippen LogP contribution in [0.2, 0.25) is 0 Å². The summed E-state index contributed by atoms with van der Waals surface area (Å²) in [7, 11) is 0. The van der Waals surface area contributed by atoms with Gasteiger partial charge in [0.15, 0.2) is 0 Å². The second-order valence-electron chi connectivity index (χ2n) is 7.18. The van der Waals surface area contributed by atoms with Crippen molar-refractivity contribution in [3.05, 3.63) is 39.9 Å². The molecule has 1 fully saturated rings. The monoisotopic (exact) mass is 349 g/mol. The Bertz CT molecular complexity index is 479. The Labute approximate surface area is 138 Å². The molecule has 2 heteroatoms. The summed E-state index contributed by atoms with van der Waals surface area (Å²) in [5.74, 6) is 0.751. The lowest BCUT2D eigenvalue weighted by Gasteiger charge is -2.28. The smallest absolute Gasteiger partial charge is 0.0247 e. The first-order chi connectivity index (χ1) is 9.96. The summed E-state index contributed by atoms with van der Waals surface area (Å²) in [5, 5.41) is 3.68. The van der Waals surface area contributed by atoms with E-state index < -0.39 is 0 Å². The van der Waals surface area contributed by atoms with E-state index in [-0.39, 0.29) is 5.54 Å². The van der Waals surface area contributed by atoms with E-state index in [9.17, 15) is 0 Å². The van der Waals surface area contributed by atoms with Gasteiger partial charge in [-0.05, 0) is 51.2 Å². The SMILES string of the molecule is CC(C)(C)NC/C(=C/c1ccccc1Br)C1CCCCC1. The Morgan fingerprint density at radius 3 is 2.48 bits per heavy atom. The highest BCUT2D eigenvalue weighted by Gasteiger charge is 2.19. The third kappa shape index (κ3) is 5.60. The molecule has 1 nitrogen and oxygen atoms in total. The highest BCUT2D eigenvalue weighted by atomic mass is 79.9. The fourth-order valence-electron chi connectivity index (χ4n) is 2.95. The lowest BCUT2D eigenvalue weighted by Crippen LogP contribution is -2.38. The molecule has 0 saturated heterocycles. The van der Waals surface area contributed by atoms with E-state index in [2.05, 4.69) is 72.4 Å². The van der Waals surface area contributed by atoms with Crippen LogP contribution in [0.5, 0.6) is 0 Å². The largest absolute Gasteiger partial charge is 0.308 e. The molecule has 0 amide bonds. The van der Waals surface area contributed by atoms with E-state index in [1.807, 2.05) is 0 Å². The zero-order valence-electron chi connectivity index (χ0n) is 13.6. The molecule has 0 spiro atoms. The van der Waals surface area contributed by atoms with Crippen LogP contribution in [0.25, 0.3) is 6.08 Å². The number of halogens is 1. The van der Waals surface area contributed by atoms with Crippen molar-refractivity contribution >= 4 is 22.0 Å². The number of nitrogens with one attached hydrogen (secondary N) is 1. The fraction of sp³-hybridized carbons (Fsp3) is 0.579. The summed E-state index contributed by atoms with van der Waals surface area (Å²) in [5.41, 5.74) is 3.03. The van der Waals surface area contributed by atoms with Crippen molar-refractivity contribution in [2.45, 2.75) is 58.4 Å². The Morgan fingerprint density at radius 2 is 1.86 bits per heavy atom. The molecule has 1 aliphatic rings. The van der Waals surface area contributed by atoms with Gasteiger partial charge in [0.1, 0.15) is 0 Å². The van der Waals surface area contributed by atoms with Crippen LogP contribution in [0.3, 0.4) is 0 Å². The van der Waals surface area contributed by atoms with Crippen molar-refractivity contribution in [2.24, 2.45) is 5.92 Å². The predicted molar refractivity (Wildman–Crippen MR) is 96.4 cm³/mol. The van der Waals surface area contributed by atoms with E-state index in [0.29, 0.717) is 0 Å². The van der Waals surface area contributed by atoms with Crippen LogP contribution in [-0.2, 0) is 0 Å². The van der Waals surface area contributed by atoms with Gasteiger partial charge in [0.25, 0.3) is 0 Å². The normalized spacial score (nSPS) is 18.0. The number of benzene rings is 1. The van der Waals surface area contributed by atoms with Crippen LogP contribution >= 0.6 is 15.9 Å². The number of hydrogen-bond acceptors (Lipinski definition) is 1. The van der Waals surface area contributed by atoms with Crippen LogP contribution in [-0.4, -0.2) is 12.1 Å². The molecule has 1 aromatic carbocycles. The second-order valence-corrected chi connectivity index (χ2v) is 8.03. The Hall–Kier alpha value is -0.600. The zero-order valence-corrected chi connectivity index (χ0v) is 15.2. The minimum absolute atomic E-state index is 0.168. The number of hydrogen-bond donors (Lipinski definition) is 1. The summed E-state index contributed by atoms with van der Waals surface area (Å²) in [4.78, 5) is 0. The zero-order chi connectivity index (χ0) is 15.3. The van der Waals surface area contributed by atoms with Gasteiger partial charge < -0.3 is 5.32 Å². The summed E-state index contributed by atoms with van der Waals surface area (Å²) >= 11 is 3.67. The van der Waals surface area contributed by atoms with Crippen LogP contribution in [0.1, 0.15) is 58.4 Å². The molecular weight excluding hydrogens is 322 g/mol. The average molecular weight is 350 g/mol.